The molecule has 1 unspecified atom stereocenters. The van der Waals surface area contributed by atoms with Gasteiger partial charge in [-0.05, 0) is 30.2 Å². The fourth-order valence-electron chi connectivity index (χ4n) is 1.55. The Morgan fingerprint density at radius 2 is 2.21 bits per heavy atom. The van der Waals surface area contributed by atoms with Crippen LogP contribution in [0.15, 0.2) is 18.2 Å². The Labute approximate surface area is 118 Å². The summed E-state index contributed by atoms with van der Waals surface area (Å²) in [5.74, 6) is 0.834. The highest BCUT2D eigenvalue weighted by molar-refractivity contribution is 6.18. The number of halogens is 1. The Morgan fingerprint density at radius 1 is 1.47 bits per heavy atom. The fourth-order valence-corrected chi connectivity index (χ4v) is 1.64. The molecule has 1 atom stereocenters. The predicted octanol–water partition coefficient (Wildman–Crippen LogP) is 2.58. The summed E-state index contributed by atoms with van der Waals surface area (Å²) in [6, 6.07) is 5.47. The number of amides is 1. The molecule has 1 aromatic carbocycles. The molecule has 0 spiro atoms. The van der Waals surface area contributed by atoms with E-state index in [9.17, 15) is 9.90 Å². The fraction of sp³-hybridized carbons (Fsp3) is 0.500. The number of hydrogen-bond donors (Lipinski definition) is 2. The molecule has 4 nitrogen and oxygen atoms in total. The lowest BCUT2D eigenvalue weighted by Gasteiger charge is -2.14. The Hall–Kier alpha value is -1.26. The highest BCUT2D eigenvalue weighted by atomic mass is 35.5. The van der Waals surface area contributed by atoms with Crippen molar-refractivity contribution in [1.29, 1.82) is 0 Å². The van der Waals surface area contributed by atoms with Crippen LogP contribution >= 0.6 is 11.6 Å². The van der Waals surface area contributed by atoms with Gasteiger partial charge in [-0.1, -0.05) is 13.8 Å². The third-order valence-corrected chi connectivity index (χ3v) is 3.01. The predicted molar refractivity (Wildman–Crippen MR) is 77.0 cm³/mol. The number of alkyl halides is 1. The average molecular weight is 286 g/mol. The number of aliphatic hydroxyl groups is 1. The van der Waals surface area contributed by atoms with E-state index >= 15 is 0 Å². The van der Waals surface area contributed by atoms with Crippen molar-refractivity contribution >= 4 is 23.2 Å². The molecule has 1 amide bonds. The van der Waals surface area contributed by atoms with Crippen molar-refractivity contribution in [2.24, 2.45) is 0 Å². The van der Waals surface area contributed by atoms with Crippen LogP contribution in [0.3, 0.4) is 0 Å². The number of aryl methyl sites for hydroxylation is 1. The monoisotopic (exact) mass is 285 g/mol. The molecule has 1 aromatic rings. The minimum Gasteiger partial charge on any atom is -0.491 e. The van der Waals surface area contributed by atoms with E-state index in [1.807, 2.05) is 13.0 Å². The Kier molecular flexibility index (Phi) is 6.67. The molecule has 0 heterocycles. The lowest BCUT2D eigenvalue weighted by atomic mass is 10.1. The van der Waals surface area contributed by atoms with Crippen LogP contribution in [0.2, 0.25) is 0 Å². The van der Waals surface area contributed by atoms with Gasteiger partial charge in [0.15, 0.2) is 0 Å². The van der Waals surface area contributed by atoms with E-state index in [4.69, 9.17) is 16.3 Å². The van der Waals surface area contributed by atoms with Crippen LogP contribution in [0.25, 0.3) is 0 Å². The van der Waals surface area contributed by atoms with Gasteiger partial charge in [0.05, 0.1) is 5.88 Å². The first-order chi connectivity index (χ1) is 9.10. The topological polar surface area (TPSA) is 58.6 Å². The van der Waals surface area contributed by atoms with Gasteiger partial charge in [-0.3, -0.25) is 4.79 Å². The van der Waals surface area contributed by atoms with Crippen LogP contribution in [0, 0.1) is 0 Å². The van der Waals surface area contributed by atoms with Crippen molar-refractivity contribution < 1.29 is 14.6 Å². The molecule has 0 aromatic heterocycles. The molecule has 0 aliphatic carbocycles. The molecule has 106 valence electrons. The Balaban J connectivity index is 2.75. The second kappa shape index (κ2) is 8.02. The number of aliphatic hydroxyl groups excluding tert-OH is 1. The first-order valence-electron chi connectivity index (χ1n) is 6.40. The van der Waals surface area contributed by atoms with Gasteiger partial charge >= 0.3 is 0 Å². The van der Waals surface area contributed by atoms with Crippen LogP contribution in [-0.4, -0.2) is 29.6 Å². The van der Waals surface area contributed by atoms with Crippen LogP contribution in [0.1, 0.15) is 25.8 Å². The van der Waals surface area contributed by atoms with Crippen LogP contribution in [-0.2, 0) is 11.2 Å². The summed E-state index contributed by atoms with van der Waals surface area (Å²) < 4.78 is 5.52. The number of nitrogens with one attached hydrogen (secondary N) is 1. The molecular formula is C14H20ClNO3. The lowest BCUT2D eigenvalue weighted by molar-refractivity contribution is -0.115. The number of carbonyl (C=O) groups is 1. The Bertz CT molecular complexity index is 423. The van der Waals surface area contributed by atoms with Crippen LogP contribution in [0.4, 0.5) is 5.69 Å². The summed E-state index contributed by atoms with van der Waals surface area (Å²) >= 11 is 5.51. The highest BCUT2D eigenvalue weighted by Gasteiger charge is 2.08. The van der Waals surface area contributed by atoms with Crippen molar-refractivity contribution in [1.82, 2.24) is 0 Å². The second-order valence-electron chi connectivity index (χ2n) is 4.20. The van der Waals surface area contributed by atoms with E-state index in [1.165, 1.54) is 0 Å². The van der Waals surface area contributed by atoms with Gasteiger partial charge in [0, 0.05) is 12.1 Å². The van der Waals surface area contributed by atoms with Crippen molar-refractivity contribution in [2.45, 2.75) is 32.8 Å². The van der Waals surface area contributed by atoms with Gasteiger partial charge in [-0.2, -0.15) is 0 Å². The van der Waals surface area contributed by atoms with Crippen molar-refractivity contribution in [2.75, 3.05) is 17.8 Å². The van der Waals surface area contributed by atoms with Crippen molar-refractivity contribution in [3.05, 3.63) is 23.8 Å². The molecule has 5 heteroatoms. The molecule has 0 aliphatic rings. The molecule has 0 saturated carbocycles. The Morgan fingerprint density at radius 3 is 2.79 bits per heavy atom. The summed E-state index contributed by atoms with van der Waals surface area (Å²) in [4.78, 5) is 11.3. The first-order valence-corrected chi connectivity index (χ1v) is 6.93. The molecule has 0 fully saturated rings. The summed E-state index contributed by atoms with van der Waals surface area (Å²) in [5.41, 5.74) is 1.74. The largest absolute Gasteiger partial charge is 0.491 e. The number of hydrogen-bond acceptors (Lipinski definition) is 3. The third-order valence-electron chi connectivity index (χ3n) is 2.66. The lowest BCUT2D eigenvalue weighted by Crippen LogP contribution is -2.19. The maximum absolute atomic E-state index is 11.3. The molecule has 0 saturated heterocycles. The SMILES string of the molecule is CCC(=O)Nc1ccc(OCC(O)CCl)c(CC)c1. The zero-order valence-corrected chi connectivity index (χ0v) is 12.0. The number of carbonyl (C=O) groups excluding carboxylic acids is 1. The second-order valence-corrected chi connectivity index (χ2v) is 4.51. The van der Waals surface area contributed by atoms with Crippen LogP contribution < -0.4 is 10.1 Å². The molecule has 1 rings (SSSR count). The minimum absolute atomic E-state index is 0.0201. The van der Waals surface area contributed by atoms with E-state index < -0.39 is 6.10 Å². The number of anilines is 1. The number of rotatable bonds is 7. The van der Waals surface area contributed by atoms with Crippen molar-refractivity contribution in [3.8, 4) is 5.75 Å². The standard InChI is InChI=1S/C14H20ClNO3/c1-3-10-7-11(16-14(18)4-2)5-6-13(10)19-9-12(17)8-15/h5-7,12,17H,3-4,8-9H2,1-2H3,(H,16,18). The van der Waals surface area contributed by atoms with Gasteiger partial charge in [0.25, 0.3) is 0 Å². The summed E-state index contributed by atoms with van der Waals surface area (Å²) in [5, 5.41) is 12.2. The smallest absolute Gasteiger partial charge is 0.224 e. The van der Waals surface area contributed by atoms with Crippen molar-refractivity contribution in [3.63, 3.8) is 0 Å². The summed E-state index contributed by atoms with van der Waals surface area (Å²) in [6.45, 7) is 3.98. The third kappa shape index (κ3) is 5.09. The van der Waals surface area contributed by atoms with E-state index in [2.05, 4.69) is 5.32 Å². The number of ether oxygens (including phenoxy) is 1. The van der Waals surface area contributed by atoms with Gasteiger partial charge in [0.1, 0.15) is 18.5 Å². The van der Waals surface area contributed by atoms with E-state index in [0.717, 1.165) is 17.7 Å². The molecule has 19 heavy (non-hydrogen) atoms. The van der Waals surface area contributed by atoms with E-state index in [1.54, 1.807) is 19.1 Å². The zero-order valence-electron chi connectivity index (χ0n) is 11.3. The van der Waals surface area contributed by atoms with E-state index in [0.29, 0.717) is 12.2 Å². The van der Waals surface area contributed by atoms with Crippen LogP contribution in [0.5, 0.6) is 5.75 Å². The van der Waals surface area contributed by atoms with E-state index in [-0.39, 0.29) is 18.4 Å². The first kappa shape index (κ1) is 15.8. The van der Waals surface area contributed by atoms with Gasteiger partial charge < -0.3 is 15.2 Å². The minimum atomic E-state index is -0.675. The molecule has 2 N–H and O–H groups in total. The zero-order chi connectivity index (χ0) is 14.3. The maximum atomic E-state index is 11.3. The number of benzene rings is 1. The molecule has 0 aliphatic heterocycles. The molecular weight excluding hydrogens is 266 g/mol. The molecule has 0 bridgehead atoms. The summed E-state index contributed by atoms with van der Waals surface area (Å²) in [7, 11) is 0. The van der Waals surface area contributed by atoms with Gasteiger partial charge in [-0.15, -0.1) is 11.6 Å². The maximum Gasteiger partial charge on any atom is 0.224 e. The van der Waals surface area contributed by atoms with Gasteiger partial charge in [0.2, 0.25) is 5.91 Å². The van der Waals surface area contributed by atoms with Gasteiger partial charge in [-0.25, -0.2) is 0 Å². The quantitative estimate of drug-likeness (QED) is 0.757. The molecule has 0 radical (unpaired) electrons. The summed E-state index contributed by atoms with van der Waals surface area (Å²) in [6.07, 6.45) is 0.551. The normalized spacial score (nSPS) is 12.0. The average Bonchev–Trinajstić information content (AvgIpc) is 2.44. The highest BCUT2D eigenvalue weighted by Crippen LogP contribution is 2.23.